The lowest BCUT2D eigenvalue weighted by Crippen LogP contribution is -2.07. The van der Waals surface area contributed by atoms with E-state index in [1.165, 1.54) is 11.3 Å². The average molecular weight is 276 g/mol. The van der Waals surface area contributed by atoms with Gasteiger partial charge in [-0.15, -0.1) is 11.3 Å². The fraction of sp³-hybridized carbons (Fsp3) is 0.0909. The molecule has 0 amide bonds. The SMILES string of the molecule is Nc1ccsc1CNc1c(F)c(F)cc(F)c1F. The van der Waals surface area contributed by atoms with Crippen LogP contribution in [0.5, 0.6) is 0 Å². The third-order valence-corrected chi connectivity index (χ3v) is 3.25. The van der Waals surface area contributed by atoms with Crippen LogP contribution in [0.15, 0.2) is 17.5 Å². The number of thiophene rings is 1. The smallest absolute Gasteiger partial charge is 0.185 e. The van der Waals surface area contributed by atoms with Crippen LogP contribution in [0.25, 0.3) is 0 Å². The minimum absolute atomic E-state index is 0.0137. The zero-order valence-electron chi connectivity index (χ0n) is 8.94. The van der Waals surface area contributed by atoms with Gasteiger partial charge < -0.3 is 11.1 Å². The van der Waals surface area contributed by atoms with Gasteiger partial charge in [-0.1, -0.05) is 0 Å². The maximum Gasteiger partial charge on any atom is 0.185 e. The van der Waals surface area contributed by atoms with Crippen molar-refractivity contribution in [2.45, 2.75) is 6.54 Å². The van der Waals surface area contributed by atoms with Gasteiger partial charge in [0.25, 0.3) is 0 Å². The molecule has 1 heterocycles. The first-order chi connectivity index (χ1) is 8.50. The number of nitrogens with one attached hydrogen (secondary N) is 1. The highest BCUT2D eigenvalue weighted by Crippen LogP contribution is 2.26. The summed E-state index contributed by atoms with van der Waals surface area (Å²) in [5, 5.41) is 4.01. The van der Waals surface area contributed by atoms with Crippen LogP contribution >= 0.6 is 11.3 Å². The van der Waals surface area contributed by atoms with Gasteiger partial charge >= 0.3 is 0 Å². The molecule has 0 bridgehead atoms. The Labute approximate surface area is 104 Å². The van der Waals surface area contributed by atoms with Gasteiger partial charge in [0.2, 0.25) is 0 Å². The molecule has 0 unspecified atom stereocenters. The number of halogens is 4. The standard InChI is InChI=1S/C11H8F4N2S/c12-5-3-6(13)10(15)11(9(5)14)17-4-8-7(16)1-2-18-8/h1-3,17H,4,16H2. The van der Waals surface area contributed by atoms with Crippen molar-refractivity contribution in [2.24, 2.45) is 0 Å². The molecule has 0 aliphatic rings. The van der Waals surface area contributed by atoms with Crippen LogP contribution in [0.2, 0.25) is 0 Å². The van der Waals surface area contributed by atoms with Crippen molar-refractivity contribution in [1.82, 2.24) is 0 Å². The molecule has 0 radical (unpaired) electrons. The monoisotopic (exact) mass is 276 g/mol. The van der Waals surface area contributed by atoms with Gasteiger partial charge in [0, 0.05) is 16.6 Å². The molecule has 0 atom stereocenters. The lowest BCUT2D eigenvalue weighted by molar-refractivity contribution is 0.458. The van der Waals surface area contributed by atoms with E-state index in [0.29, 0.717) is 10.6 Å². The lowest BCUT2D eigenvalue weighted by atomic mass is 10.2. The minimum Gasteiger partial charge on any atom is -0.398 e. The number of hydrogen-bond donors (Lipinski definition) is 2. The first-order valence-electron chi connectivity index (χ1n) is 4.89. The van der Waals surface area contributed by atoms with Crippen LogP contribution in [0.3, 0.4) is 0 Å². The molecule has 7 heteroatoms. The molecule has 3 N–H and O–H groups in total. The molecule has 2 rings (SSSR count). The second kappa shape index (κ2) is 4.85. The van der Waals surface area contributed by atoms with Crippen LogP contribution in [0.4, 0.5) is 28.9 Å². The Bertz CT molecular complexity index is 556. The van der Waals surface area contributed by atoms with Gasteiger partial charge in [0.05, 0.1) is 6.54 Å². The largest absolute Gasteiger partial charge is 0.398 e. The molecule has 0 aliphatic heterocycles. The van der Waals surface area contributed by atoms with Gasteiger partial charge in [-0.05, 0) is 11.4 Å². The normalized spacial score (nSPS) is 10.7. The predicted octanol–water partition coefficient (Wildman–Crippen LogP) is 3.50. The Morgan fingerprint density at radius 2 is 1.72 bits per heavy atom. The van der Waals surface area contributed by atoms with Crippen LogP contribution in [0, 0.1) is 23.3 Å². The summed E-state index contributed by atoms with van der Waals surface area (Å²) in [6.07, 6.45) is 0. The number of nitrogen functional groups attached to an aromatic ring is 1. The molecular weight excluding hydrogens is 268 g/mol. The molecule has 18 heavy (non-hydrogen) atoms. The van der Waals surface area contributed by atoms with E-state index in [0.717, 1.165) is 0 Å². The van der Waals surface area contributed by atoms with E-state index >= 15 is 0 Å². The molecule has 96 valence electrons. The van der Waals surface area contributed by atoms with Crippen molar-refractivity contribution in [2.75, 3.05) is 11.1 Å². The summed E-state index contributed by atoms with van der Waals surface area (Å²) < 4.78 is 52.4. The van der Waals surface area contributed by atoms with E-state index in [1.807, 2.05) is 0 Å². The zero-order chi connectivity index (χ0) is 13.3. The number of nitrogens with two attached hydrogens (primary N) is 1. The van der Waals surface area contributed by atoms with Gasteiger partial charge in [-0.25, -0.2) is 17.6 Å². The highest BCUT2D eigenvalue weighted by atomic mass is 32.1. The van der Waals surface area contributed by atoms with Crippen LogP contribution in [-0.2, 0) is 6.54 Å². The van der Waals surface area contributed by atoms with Gasteiger partial charge in [0.15, 0.2) is 23.3 Å². The molecule has 2 aromatic rings. The van der Waals surface area contributed by atoms with Crippen molar-refractivity contribution in [1.29, 1.82) is 0 Å². The summed E-state index contributed by atoms with van der Waals surface area (Å²) in [6, 6.07) is 1.79. The zero-order valence-corrected chi connectivity index (χ0v) is 9.75. The molecule has 0 spiro atoms. The van der Waals surface area contributed by atoms with Crippen molar-refractivity contribution < 1.29 is 17.6 Å². The topological polar surface area (TPSA) is 38.0 Å². The molecule has 0 fully saturated rings. The van der Waals surface area contributed by atoms with Crippen LogP contribution in [-0.4, -0.2) is 0 Å². The van der Waals surface area contributed by atoms with Gasteiger partial charge in [0.1, 0.15) is 5.69 Å². The fourth-order valence-electron chi connectivity index (χ4n) is 1.39. The predicted molar refractivity (Wildman–Crippen MR) is 62.3 cm³/mol. The van der Waals surface area contributed by atoms with Crippen LogP contribution in [0.1, 0.15) is 4.88 Å². The lowest BCUT2D eigenvalue weighted by Gasteiger charge is -2.09. The second-order valence-electron chi connectivity index (χ2n) is 3.50. The van der Waals surface area contributed by atoms with E-state index in [4.69, 9.17) is 5.73 Å². The van der Waals surface area contributed by atoms with Crippen molar-refractivity contribution in [3.63, 3.8) is 0 Å². The van der Waals surface area contributed by atoms with E-state index in [9.17, 15) is 17.6 Å². The van der Waals surface area contributed by atoms with Crippen molar-refractivity contribution in [3.05, 3.63) is 45.7 Å². The third-order valence-electron chi connectivity index (χ3n) is 2.32. The summed E-state index contributed by atoms with van der Waals surface area (Å²) in [6.45, 7) is -0.0137. The highest BCUT2D eigenvalue weighted by molar-refractivity contribution is 7.10. The maximum absolute atomic E-state index is 13.3. The van der Waals surface area contributed by atoms with Crippen LogP contribution < -0.4 is 11.1 Å². The Kier molecular flexibility index (Phi) is 3.42. The Balaban J connectivity index is 2.27. The fourth-order valence-corrected chi connectivity index (χ4v) is 2.13. The van der Waals surface area contributed by atoms with Gasteiger partial charge in [-0.2, -0.15) is 0 Å². The number of benzene rings is 1. The number of anilines is 2. The molecular formula is C11H8F4N2S. The minimum atomic E-state index is -1.45. The molecule has 1 aromatic carbocycles. The molecule has 0 saturated heterocycles. The first kappa shape index (κ1) is 12.7. The van der Waals surface area contributed by atoms with E-state index in [1.54, 1.807) is 11.4 Å². The van der Waals surface area contributed by atoms with Crippen molar-refractivity contribution in [3.8, 4) is 0 Å². The summed E-state index contributed by atoms with van der Waals surface area (Å²) in [5.41, 5.74) is 5.19. The summed E-state index contributed by atoms with van der Waals surface area (Å²) in [4.78, 5) is 0.624. The first-order valence-corrected chi connectivity index (χ1v) is 5.77. The molecule has 1 aromatic heterocycles. The Hall–Kier alpha value is -1.76. The second-order valence-corrected chi connectivity index (χ2v) is 4.50. The maximum atomic E-state index is 13.3. The van der Waals surface area contributed by atoms with Crippen molar-refractivity contribution >= 4 is 22.7 Å². The Morgan fingerprint density at radius 1 is 1.11 bits per heavy atom. The van der Waals surface area contributed by atoms with E-state index in [2.05, 4.69) is 5.32 Å². The Morgan fingerprint density at radius 3 is 2.22 bits per heavy atom. The highest BCUT2D eigenvalue weighted by Gasteiger charge is 2.19. The van der Waals surface area contributed by atoms with E-state index in [-0.39, 0.29) is 12.6 Å². The molecule has 0 aliphatic carbocycles. The number of hydrogen-bond acceptors (Lipinski definition) is 3. The average Bonchev–Trinajstić information content (AvgIpc) is 2.73. The summed E-state index contributed by atoms with van der Waals surface area (Å²) in [7, 11) is 0. The van der Waals surface area contributed by atoms with Gasteiger partial charge in [-0.3, -0.25) is 0 Å². The van der Waals surface area contributed by atoms with E-state index < -0.39 is 29.0 Å². The molecule has 2 nitrogen and oxygen atoms in total. The quantitative estimate of drug-likeness (QED) is 0.665. The summed E-state index contributed by atoms with van der Waals surface area (Å²) in [5.74, 6) is -5.81. The third kappa shape index (κ3) is 2.26. The summed E-state index contributed by atoms with van der Waals surface area (Å²) >= 11 is 1.27. The number of rotatable bonds is 3. The molecule has 0 saturated carbocycles.